The highest BCUT2D eigenvalue weighted by Gasteiger charge is 2.11. The van der Waals surface area contributed by atoms with E-state index in [1.807, 2.05) is 55.6 Å². The Hall–Kier alpha value is -2.51. The first-order chi connectivity index (χ1) is 13.2. The molecule has 0 fully saturated rings. The molecule has 6 nitrogen and oxygen atoms in total. The van der Waals surface area contributed by atoms with Crippen molar-refractivity contribution < 1.29 is 9.47 Å². The normalized spacial score (nSPS) is 11.1. The molecule has 0 saturated heterocycles. The predicted octanol–water partition coefficient (Wildman–Crippen LogP) is 4.51. The average Bonchev–Trinajstić information content (AvgIpc) is 3.09. The molecule has 0 saturated carbocycles. The number of benzene rings is 2. The van der Waals surface area contributed by atoms with Crippen molar-refractivity contribution in [1.82, 2.24) is 14.9 Å². The first-order valence-corrected chi connectivity index (χ1v) is 9.94. The lowest BCUT2D eigenvalue weighted by Gasteiger charge is -2.07. The van der Waals surface area contributed by atoms with Gasteiger partial charge in [-0.15, -0.1) is 10.2 Å². The lowest BCUT2D eigenvalue weighted by Crippen LogP contribution is -2.04. The van der Waals surface area contributed by atoms with Crippen LogP contribution in [0.15, 0.2) is 58.8 Å². The minimum atomic E-state index is 0.263. The van der Waals surface area contributed by atoms with Gasteiger partial charge in [0, 0.05) is 0 Å². The van der Waals surface area contributed by atoms with E-state index < -0.39 is 0 Å². The number of rotatable bonds is 8. The number of ether oxygens (including phenoxy) is 2. The topological polar surface area (TPSA) is 61.5 Å². The van der Waals surface area contributed by atoms with Crippen LogP contribution in [0.1, 0.15) is 18.3 Å². The molecule has 0 radical (unpaired) electrons. The molecule has 140 valence electrons. The van der Waals surface area contributed by atoms with Gasteiger partial charge in [-0.1, -0.05) is 41.6 Å². The molecular formula is C19H19ClN4O2S. The quantitative estimate of drug-likeness (QED) is 0.409. The molecule has 0 spiro atoms. The fourth-order valence-corrected chi connectivity index (χ4v) is 2.98. The number of hydrogen-bond donors (Lipinski definition) is 0. The second-order valence-electron chi connectivity index (χ2n) is 5.38. The van der Waals surface area contributed by atoms with Gasteiger partial charge in [0.15, 0.2) is 5.82 Å². The smallest absolute Gasteiger partial charge is 0.211 e. The van der Waals surface area contributed by atoms with Gasteiger partial charge in [0.25, 0.3) is 0 Å². The molecule has 1 heterocycles. The van der Waals surface area contributed by atoms with Gasteiger partial charge in [-0.05, 0) is 49.1 Å². The molecule has 8 heteroatoms. The van der Waals surface area contributed by atoms with Crippen LogP contribution in [-0.4, -0.2) is 34.0 Å². The molecule has 3 rings (SSSR count). The van der Waals surface area contributed by atoms with Gasteiger partial charge in [0.05, 0.1) is 17.8 Å². The van der Waals surface area contributed by atoms with E-state index in [1.54, 1.807) is 17.0 Å². The molecule has 3 aromatic rings. The molecule has 1 aromatic heterocycles. The van der Waals surface area contributed by atoms with Crippen LogP contribution in [0, 0.1) is 0 Å². The van der Waals surface area contributed by atoms with Gasteiger partial charge in [-0.2, -0.15) is 9.78 Å². The third kappa shape index (κ3) is 5.02. The van der Waals surface area contributed by atoms with Gasteiger partial charge in [0.1, 0.15) is 18.1 Å². The molecular weight excluding hydrogens is 384 g/mol. The Morgan fingerprint density at radius 1 is 1.15 bits per heavy atom. The molecule has 0 aliphatic rings. The van der Waals surface area contributed by atoms with Crippen LogP contribution < -0.4 is 9.47 Å². The van der Waals surface area contributed by atoms with Gasteiger partial charge >= 0.3 is 0 Å². The molecule has 0 atom stereocenters. The lowest BCUT2D eigenvalue weighted by atomic mass is 10.2. The lowest BCUT2D eigenvalue weighted by molar-refractivity contribution is 0.290. The van der Waals surface area contributed by atoms with Crippen molar-refractivity contribution in [3.63, 3.8) is 0 Å². The van der Waals surface area contributed by atoms with Crippen molar-refractivity contribution in [2.75, 3.05) is 12.9 Å². The Morgan fingerprint density at radius 2 is 1.96 bits per heavy atom. The maximum absolute atomic E-state index is 6.23. The van der Waals surface area contributed by atoms with Crippen molar-refractivity contribution in [2.45, 2.75) is 18.7 Å². The predicted molar refractivity (Wildman–Crippen MR) is 108 cm³/mol. The second kappa shape index (κ2) is 9.43. The van der Waals surface area contributed by atoms with E-state index in [9.17, 15) is 0 Å². The highest BCUT2D eigenvalue weighted by atomic mass is 35.5. The van der Waals surface area contributed by atoms with E-state index in [0.717, 1.165) is 11.3 Å². The minimum absolute atomic E-state index is 0.263. The number of hydrogen-bond acceptors (Lipinski definition) is 6. The van der Waals surface area contributed by atoms with E-state index in [4.69, 9.17) is 21.1 Å². The van der Waals surface area contributed by atoms with E-state index in [2.05, 4.69) is 15.3 Å². The minimum Gasteiger partial charge on any atom is -0.492 e. The molecule has 27 heavy (non-hydrogen) atoms. The van der Waals surface area contributed by atoms with Gasteiger partial charge in [-0.3, -0.25) is 0 Å². The van der Waals surface area contributed by atoms with Crippen LogP contribution in [0.5, 0.6) is 11.5 Å². The van der Waals surface area contributed by atoms with Crippen LogP contribution in [0.25, 0.3) is 0 Å². The SMILES string of the molecule is CCOc1ccc(/C=N\n2c(COc3ccccc3)nnc2SC)cc1Cl. The highest BCUT2D eigenvalue weighted by Crippen LogP contribution is 2.25. The summed E-state index contributed by atoms with van der Waals surface area (Å²) >= 11 is 7.69. The number of thioether (sulfide) groups is 1. The zero-order chi connectivity index (χ0) is 19.1. The van der Waals surface area contributed by atoms with Crippen molar-refractivity contribution in [1.29, 1.82) is 0 Å². The molecule has 0 amide bonds. The Kier molecular flexibility index (Phi) is 6.73. The third-order valence-electron chi connectivity index (χ3n) is 3.55. The Labute approximate surface area is 167 Å². The molecule has 0 bridgehead atoms. The van der Waals surface area contributed by atoms with Crippen LogP contribution in [0.3, 0.4) is 0 Å². The van der Waals surface area contributed by atoms with E-state index in [-0.39, 0.29) is 6.61 Å². The summed E-state index contributed by atoms with van der Waals surface area (Å²) < 4.78 is 12.9. The standard InChI is InChI=1S/C19H19ClN4O2S/c1-3-25-17-10-9-14(11-16(17)20)12-21-24-18(22-23-19(24)27-2)13-26-15-7-5-4-6-8-15/h4-12H,3,13H2,1-2H3/b21-12-. The maximum atomic E-state index is 6.23. The fraction of sp³-hybridized carbons (Fsp3) is 0.211. The zero-order valence-corrected chi connectivity index (χ0v) is 16.6. The number of halogens is 1. The molecule has 0 N–H and O–H groups in total. The van der Waals surface area contributed by atoms with Crippen LogP contribution in [0.4, 0.5) is 0 Å². The zero-order valence-electron chi connectivity index (χ0n) is 15.0. The van der Waals surface area contributed by atoms with Gasteiger partial charge in [-0.25, -0.2) is 0 Å². The van der Waals surface area contributed by atoms with Crippen molar-refractivity contribution in [3.05, 3.63) is 64.9 Å². The summed E-state index contributed by atoms with van der Waals surface area (Å²) in [6.45, 7) is 2.75. The van der Waals surface area contributed by atoms with E-state index >= 15 is 0 Å². The Bertz CT molecular complexity index is 915. The number of aromatic nitrogens is 3. The molecule has 0 unspecified atom stereocenters. The fourth-order valence-electron chi connectivity index (χ4n) is 2.29. The van der Waals surface area contributed by atoms with Crippen molar-refractivity contribution >= 4 is 29.6 Å². The van der Waals surface area contributed by atoms with E-state index in [1.165, 1.54) is 11.8 Å². The van der Waals surface area contributed by atoms with E-state index in [0.29, 0.717) is 28.4 Å². The Balaban J connectivity index is 1.78. The number of nitrogens with zero attached hydrogens (tertiary/aromatic N) is 4. The number of para-hydroxylation sites is 1. The first kappa shape index (κ1) is 19.3. The summed E-state index contributed by atoms with van der Waals surface area (Å²) in [7, 11) is 0. The van der Waals surface area contributed by atoms with Gasteiger partial charge < -0.3 is 9.47 Å². The monoisotopic (exact) mass is 402 g/mol. The van der Waals surface area contributed by atoms with Crippen molar-refractivity contribution in [3.8, 4) is 11.5 Å². The Morgan fingerprint density at radius 3 is 2.67 bits per heavy atom. The summed E-state index contributed by atoms with van der Waals surface area (Å²) in [5.41, 5.74) is 0.846. The first-order valence-electron chi connectivity index (χ1n) is 8.34. The molecule has 0 aliphatic carbocycles. The average molecular weight is 403 g/mol. The summed E-state index contributed by atoms with van der Waals surface area (Å²) in [5, 5.41) is 14.1. The third-order valence-corrected chi connectivity index (χ3v) is 4.46. The maximum Gasteiger partial charge on any atom is 0.211 e. The van der Waals surface area contributed by atoms with Gasteiger partial charge in [0.2, 0.25) is 5.16 Å². The molecule has 2 aromatic carbocycles. The molecule has 0 aliphatic heterocycles. The summed E-state index contributed by atoms with van der Waals surface area (Å²) in [5.74, 6) is 2.03. The second-order valence-corrected chi connectivity index (χ2v) is 6.56. The summed E-state index contributed by atoms with van der Waals surface area (Å²) in [6.07, 6.45) is 3.63. The summed E-state index contributed by atoms with van der Waals surface area (Å²) in [6, 6.07) is 15.1. The van der Waals surface area contributed by atoms with Crippen LogP contribution >= 0.6 is 23.4 Å². The van der Waals surface area contributed by atoms with Crippen molar-refractivity contribution in [2.24, 2.45) is 5.10 Å². The highest BCUT2D eigenvalue weighted by molar-refractivity contribution is 7.98. The largest absolute Gasteiger partial charge is 0.492 e. The van der Waals surface area contributed by atoms with Crippen LogP contribution in [-0.2, 0) is 6.61 Å². The summed E-state index contributed by atoms with van der Waals surface area (Å²) in [4.78, 5) is 0. The van der Waals surface area contributed by atoms with Crippen LogP contribution in [0.2, 0.25) is 5.02 Å².